The first-order valence-electron chi connectivity index (χ1n) is 24.3. The van der Waals surface area contributed by atoms with Crippen LogP contribution in [0.2, 0.25) is 0 Å². The average molecular weight is 891 g/mol. The Morgan fingerprint density at radius 1 is 0.500 bits per heavy atom. The van der Waals surface area contributed by atoms with Crippen LogP contribution >= 0.6 is 0 Å². The van der Waals surface area contributed by atoms with Crippen LogP contribution in [0.5, 0.6) is 0 Å². The highest BCUT2D eigenvalue weighted by molar-refractivity contribution is 5.69. The summed E-state index contributed by atoms with van der Waals surface area (Å²) in [6, 6.07) is 0. The highest BCUT2D eigenvalue weighted by atomic mass is 16.7. The van der Waals surface area contributed by atoms with Crippen molar-refractivity contribution in [2.24, 2.45) is 0 Å². The molecule has 9 nitrogen and oxygen atoms in total. The Labute approximate surface area is 388 Å². The van der Waals surface area contributed by atoms with Gasteiger partial charge in [0, 0.05) is 13.0 Å². The Morgan fingerprint density at radius 3 is 1.33 bits per heavy atom. The van der Waals surface area contributed by atoms with Crippen molar-refractivity contribution in [3.8, 4) is 0 Å². The van der Waals surface area contributed by atoms with E-state index in [1.165, 1.54) is 0 Å². The van der Waals surface area contributed by atoms with Crippen LogP contribution in [0.4, 0.5) is 0 Å². The topological polar surface area (TPSA) is 135 Å². The van der Waals surface area contributed by atoms with Gasteiger partial charge in [0.25, 0.3) is 0 Å². The molecule has 64 heavy (non-hydrogen) atoms. The molecule has 0 aromatic heterocycles. The second-order valence-corrected chi connectivity index (χ2v) is 15.8. The fraction of sp³-hybridized carbons (Fsp3) is 0.582. The standard InChI is InChI=1S/C55H86O9/c1-3-5-7-9-11-13-15-17-19-21-22-23-24-25-26-27-28-29-30-32-34-36-38-40-42-44-51(57)63-49(48-62-55-54(60)53(59)52(58)50(46-56)64-55)47-61-45-43-41-39-37-35-33-31-20-18-16-14-12-10-8-6-4-2/h5-8,11-14,17-20,22-23,25-26,28-29,32-35,49-50,52-56,58-60H,3-4,9-10,15-16,21,24,27,30-31,36-48H2,1-2H3/b7-5-,8-6-,13-11-,14-12-,19-17-,20-18-,23-22-,26-25-,29-28-,34-32-,35-33-. The number of hydrogen-bond acceptors (Lipinski definition) is 9. The zero-order valence-electron chi connectivity index (χ0n) is 39.5. The number of carbonyl (C=O) groups excluding carboxylic acids is 1. The minimum absolute atomic E-state index is 0.0988. The molecule has 0 aliphatic carbocycles. The second kappa shape index (κ2) is 44.5. The first kappa shape index (κ1) is 58.3. The molecule has 360 valence electrons. The SMILES string of the molecule is CC/C=C\C/C=C\C/C=C\C/C=C\C/C=C\C/C=C\C/C=C\CCCCCC(=O)OC(COCCCCC/C=C\C/C=C\C/C=C\C/C=C\CC)COC1OC(CO)C(O)C(O)C1O. The van der Waals surface area contributed by atoms with E-state index in [1.54, 1.807) is 0 Å². The van der Waals surface area contributed by atoms with Gasteiger partial charge in [-0.05, 0) is 109 Å². The number of carbonyl (C=O) groups is 1. The largest absolute Gasteiger partial charge is 0.457 e. The van der Waals surface area contributed by atoms with Crippen molar-refractivity contribution < 1.29 is 44.2 Å². The number of unbranched alkanes of at least 4 members (excludes halogenated alkanes) is 6. The van der Waals surface area contributed by atoms with E-state index in [0.717, 1.165) is 116 Å². The van der Waals surface area contributed by atoms with Gasteiger partial charge in [0.05, 0.1) is 19.8 Å². The molecule has 0 spiro atoms. The number of ether oxygens (including phenoxy) is 4. The molecule has 6 atom stereocenters. The molecule has 0 bridgehead atoms. The Kier molecular flexibility index (Phi) is 40.6. The third kappa shape index (κ3) is 34.7. The smallest absolute Gasteiger partial charge is 0.306 e. The molecule has 1 saturated heterocycles. The fourth-order valence-corrected chi connectivity index (χ4v) is 6.34. The minimum atomic E-state index is -1.56. The maximum atomic E-state index is 12.8. The van der Waals surface area contributed by atoms with Crippen molar-refractivity contribution in [3.05, 3.63) is 134 Å². The molecule has 9 heteroatoms. The minimum Gasteiger partial charge on any atom is -0.457 e. The first-order chi connectivity index (χ1) is 31.4. The summed E-state index contributed by atoms with van der Waals surface area (Å²) >= 11 is 0. The Balaban J connectivity index is 2.30. The molecule has 1 fully saturated rings. The number of hydrogen-bond donors (Lipinski definition) is 4. The Bertz CT molecular complexity index is 1430. The van der Waals surface area contributed by atoms with E-state index in [2.05, 4.69) is 148 Å². The highest BCUT2D eigenvalue weighted by Gasteiger charge is 2.44. The van der Waals surface area contributed by atoms with Crippen molar-refractivity contribution in [2.75, 3.05) is 26.4 Å². The lowest BCUT2D eigenvalue weighted by molar-refractivity contribution is -0.305. The van der Waals surface area contributed by atoms with Crippen molar-refractivity contribution in [1.82, 2.24) is 0 Å². The molecular weight excluding hydrogens is 805 g/mol. The van der Waals surface area contributed by atoms with Crippen LogP contribution < -0.4 is 0 Å². The lowest BCUT2D eigenvalue weighted by Gasteiger charge is -2.39. The molecule has 1 aliphatic rings. The van der Waals surface area contributed by atoms with E-state index in [0.29, 0.717) is 13.0 Å². The van der Waals surface area contributed by atoms with E-state index in [4.69, 9.17) is 18.9 Å². The van der Waals surface area contributed by atoms with E-state index in [9.17, 15) is 25.2 Å². The van der Waals surface area contributed by atoms with Gasteiger partial charge in [0.15, 0.2) is 6.29 Å². The van der Waals surface area contributed by atoms with Gasteiger partial charge in [-0.2, -0.15) is 0 Å². The van der Waals surface area contributed by atoms with Crippen molar-refractivity contribution >= 4 is 5.97 Å². The predicted octanol–water partition coefficient (Wildman–Crippen LogP) is 11.7. The van der Waals surface area contributed by atoms with Gasteiger partial charge < -0.3 is 39.4 Å². The predicted molar refractivity (Wildman–Crippen MR) is 265 cm³/mol. The van der Waals surface area contributed by atoms with E-state index in [1.807, 2.05) is 0 Å². The third-order valence-electron chi connectivity index (χ3n) is 10.1. The third-order valence-corrected chi connectivity index (χ3v) is 10.1. The molecule has 0 radical (unpaired) electrons. The van der Waals surface area contributed by atoms with Crippen LogP contribution in [0, 0.1) is 0 Å². The lowest BCUT2D eigenvalue weighted by Crippen LogP contribution is -2.59. The van der Waals surface area contributed by atoms with E-state index < -0.39 is 43.4 Å². The monoisotopic (exact) mass is 891 g/mol. The van der Waals surface area contributed by atoms with E-state index >= 15 is 0 Å². The normalized spacial score (nSPS) is 20.8. The van der Waals surface area contributed by atoms with Gasteiger partial charge in [-0.1, -0.05) is 160 Å². The number of allylic oxidation sites excluding steroid dienone is 22. The van der Waals surface area contributed by atoms with Gasteiger partial charge >= 0.3 is 5.97 Å². The molecule has 0 saturated carbocycles. The van der Waals surface area contributed by atoms with Crippen LogP contribution in [0.1, 0.15) is 142 Å². The average Bonchev–Trinajstić information content (AvgIpc) is 3.30. The summed E-state index contributed by atoms with van der Waals surface area (Å²) in [5.74, 6) is -0.364. The second-order valence-electron chi connectivity index (χ2n) is 15.8. The van der Waals surface area contributed by atoms with Crippen molar-refractivity contribution in [2.45, 2.75) is 179 Å². The van der Waals surface area contributed by atoms with Crippen LogP contribution in [-0.2, 0) is 23.7 Å². The van der Waals surface area contributed by atoms with Gasteiger partial charge in [-0.15, -0.1) is 0 Å². The maximum absolute atomic E-state index is 12.8. The number of aliphatic hydroxyl groups is 4. The van der Waals surface area contributed by atoms with Crippen LogP contribution in [0.3, 0.4) is 0 Å². The van der Waals surface area contributed by atoms with Crippen LogP contribution in [-0.4, -0.2) is 89.6 Å². The summed E-state index contributed by atoms with van der Waals surface area (Å²) in [6.07, 6.45) is 59.1. The molecular formula is C55H86O9. The lowest BCUT2D eigenvalue weighted by atomic mass is 9.99. The molecule has 1 heterocycles. The van der Waals surface area contributed by atoms with Crippen LogP contribution in [0.15, 0.2) is 134 Å². The summed E-state index contributed by atoms with van der Waals surface area (Å²) in [6.45, 7) is 4.17. The summed E-state index contributed by atoms with van der Waals surface area (Å²) in [7, 11) is 0. The molecule has 0 aromatic rings. The summed E-state index contributed by atoms with van der Waals surface area (Å²) in [4.78, 5) is 12.8. The molecule has 1 aliphatic heterocycles. The van der Waals surface area contributed by atoms with Crippen molar-refractivity contribution in [1.29, 1.82) is 0 Å². The molecule has 1 rings (SSSR count). The summed E-state index contributed by atoms with van der Waals surface area (Å²) in [5, 5.41) is 40.2. The summed E-state index contributed by atoms with van der Waals surface area (Å²) in [5.41, 5.74) is 0. The van der Waals surface area contributed by atoms with Crippen LogP contribution in [0.25, 0.3) is 0 Å². The van der Waals surface area contributed by atoms with Gasteiger partial charge in [-0.25, -0.2) is 0 Å². The maximum Gasteiger partial charge on any atom is 0.306 e. The fourth-order valence-electron chi connectivity index (χ4n) is 6.34. The number of esters is 1. The zero-order valence-corrected chi connectivity index (χ0v) is 39.5. The van der Waals surface area contributed by atoms with Gasteiger partial charge in [-0.3, -0.25) is 4.79 Å². The number of aliphatic hydroxyl groups excluding tert-OH is 4. The molecule has 4 N–H and O–H groups in total. The quantitative estimate of drug-likeness (QED) is 0.0270. The van der Waals surface area contributed by atoms with E-state index in [-0.39, 0.29) is 25.6 Å². The molecule has 0 amide bonds. The number of rotatable bonds is 39. The molecule has 0 aromatic carbocycles. The Morgan fingerprint density at radius 2 is 0.906 bits per heavy atom. The van der Waals surface area contributed by atoms with Gasteiger partial charge in [0.2, 0.25) is 0 Å². The summed E-state index contributed by atoms with van der Waals surface area (Å²) < 4.78 is 22.8. The van der Waals surface area contributed by atoms with Gasteiger partial charge in [0.1, 0.15) is 30.5 Å². The molecule has 6 unspecified atom stereocenters. The Hall–Kier alpha value is -3.67. The highest BCUT2D eigenvalue weighted by Crippen LogP contribution is 2.22. The zero-order chi connectivity index (χ0) is 46.4. The van der Waals surface area contributed by atoms with Crippen molar-refractivity contribution in [3.63, 3.8) is 0 Å². The first-order valence-corrected chi connectivity index (χ1v) is 24.3.